The number of para-hydroxylation sites is 2. The molecule has 104 valence electrons. The van der Waals surface area contributed by atoms with E-state index < -0.39 is 0 Å². The molecule has 20 heavy (non-hydrogen) atoms. The number of imidazole rings is 1. The second kappa shape index (κ2) is 5.54. The van der Waals surface area contributed by atoms with E-state index in [1.807, 2.05) is 32.0 Å². The normalized spacial score (nSPS) is 12.9. The Bertz CT molecular complexity index is 730. The molecule has 0 bridgehead atoms. The summed E-state index contributed by atoms with van der Waals surface area (Å²) in [6.07, 6.45) is 0.912. The van der Waals surface area contributed by atoms with Crippen molar-refractivity contribution in [3.8, 4) is 0 Å². The molecule has 3 aromatic rings. The lowest BCUT2D eigenvalue weighted by molar-refractivity contribution is 0.666. The van der Waals surface area contributed by atoms with Crippen LogP contribution >= 0.6 is 22.9 Å². The van der Waals surface area contributed by atoms with Crippen LogP contribution in [0.3, 0.4) is 0 Å². The summed E-state index contributed by atoms with van der Waals surface area (Å²) in [5.41, 5.74) is 3.24. The Morgan fingerprint density at radius 3 is 2.80 bits per heavy atom. The third-order valence-electron chi connectivity index (χ3n) is 3.26. The summed E-state index contributed by atoms with van der Waals surface area (Å²) in [5, 5.41) is 3.15. The SMILES string of the molecule is Cc1csc(CCn2c(C(C)Cl)nc3ccccc32)n1. The van der Waals surface area contributed by atoms with Gasteiger partial charge in [-0.1, -0.05) is 12.1 Å². The Kier molecular flexibility index (Phi) is 3.76. The fourth-order valence-electron chi connectivity index (χ4n) is 2.36. The minimum atomic E-state index is -0.0968. The molecule has 0 aliphatic heterocycles. The molecule has 3 rings (SSSR count). The standard InChI is InChI=1S/C15H16ClN3S/c1-10-9-20-14(17-10)7-8-19-13-6-4-3-5-12(13)18-15(19)11(2)16/h3-6,9,11H,7-8H2,1-2H3. The number of halogens is 1. The Labute approximate surface area is 127 Å². The zero-order valence-corrected chi connectivity index (χ0v) is 13.1. The highest BCUT2D eigenvalue weighted by atomic mass is 35.5. The molecule has 0 aliphatic carbocycles. The first kappa shape index (κ1) is 13.6. The molecule has 2 aromatic heterocycles. The van der Waals surface area contributed by atoms with Gasteiger partial charge in [0.05, 0.1) is 21.4 Å². The number of aryl methyl sites for hydroxylation is 3. The summed E-state index contributed by atoms with van der Waals surface area (Å²) in [6.45, 7) is 4.85. The highest BCUT2D eigenvalue weighted by Crippen LogP contribution is 2.25. The van der Waals surface area contributed by atoms with Crippen molar-refractivity contribution in [2.24, 2.45) is 0 Å². The van der Waals surface area contributed by atoms with Gasteiger partial charge in [0.2, 0.25) is 0 Å². The van der Waals surface area contributed by atoms with Crippen molar-refractivity contribution in [1.82, 2.24) is 14.5 Å². The number of rotatable bonds is 4. The quantitative estimate of drug-likeness (QED) is 0.671. The fraction of sp³-hybridized carbons (Fsp3) is 0.333. The largest absolute Gasteiger partial charge is 0.326 e. The van der Waals surface area contributed by atoms with Gasteiger partial charge in [-0.05, 0) is 26.0 Å². The number of hydrogen-bond acceptors (Lipinski definition) is 3. The smallest absolute Gasteiger partial charge is 0.127 e. The highest BCUT2D eigenvalue weighted by molar-refractivity contribution is 7.09. The van der Waals surface area contributed by atoms with E-state index in [0.29, 0.717) is 0 Å². The average molecular weight is 306 g/mol. The van der Waals surface area contributed by atoms with E-state index in [4.69, 9.17) is 11.6 Å². The molecule has 2 heterocycles. The van der Waals surface area contributed by atoms with Gasteiger partial charge in [-0.15, -0.1) is 22.9 Å². The first-order chi connectivity index (χ1) is 9.65. The average Bonchev–Trinajstić information content (AvgIpc) is 3.00. The molecule has 0 saturated carbocycles. The molecule has 3 nitrogen and oxygen atoms in total. The third kappa shape index (κ3) is 2.58. The number of fused-ring (bicyclic) bond motifs is 1. The molecular formula is C15H16ClN3S. The van der Waals surface area contributed by atoms with Gasteiger partial charge in [0.25, 0.3) is 0 Å². The highest BCUT2D eigenvalue weighted by Gasteiger charge is 2.14. The number of aromatic nitrogens is 3. The van der Waals surface area contributed by atoms with E-state index in [1.165, 1.54) is 0 Å². The summed E-state index contributed by atoms with van der Waals surface area (Å²) >= 11 is 7.98. The van der Waals surface area contributed by atoms with Crippen LogP contribution in [-0.2, 0) is 13.0 Å². The van der Waals surface area contributed by atoms with E-state index in [-0.39, 0.29) is 5.38 Å². The van der Waals surface area contributed by atoms with Gasteiger partial charge < -0.3 is 4.57 Å². The van der Waals surface area contributed by atoms with Crippen LogP contribution in [0.5, 0.6) is 0 Å². The molecule has 0 amide bonds. The minimum absolute atomic E-state index is 0.0968. The fourth-order valence-corrected chi connectivity index (χ4v) is 3.29. The van der Waals surface area contributed by atoms with Gasteiger partial charge in [-0.25, -0.2) is 9.97 Å². The van der Waals surface area contributed by atoms with Gasteiger partial charge in [-0.2, -0.15) is 0 Å². The third-order valence-corrected chi connectivity index (χ3v) is 4.48. The van der Waals surface area contributed by atoms with Crippen LogP contribution < -0.4 is 0 Å². The molecule has 0 radical (unpaired) electrons. The number of hydrogen-bond donors (Lipinski definition) is 0. The maximum Gasteiger partial charge on any atom is 0.127 e. The Morgan fingerprint density at radius 1 is 1.30 bits per heavy atom. The van der Waals surface area contributed by atoms with Crippen molar-refractivity contribution in [2.75, 3.05) is 0 Å². The van der Waals surface area contributed by atoms with Gasteiger partial charge >= 0.3 is 0 Å². The molecule has 1 atom stereocenters. The topological polar surface area (TPSA) is 30.7 Å². The van der Waals surface area contributed by atoms with E-state index in [2.05, 4.69) is 26.0 Å². The van der Waals surface area contributed by atoms with E-state index in [0.717, 1.165) is 40.5 Å². The van der Waals surface area contributed by atoms with Gasteiger partial charge in [0.1, 0.15) is 5.82 Å². The van der Waals surface area contributed by atoms with Crippen LogP contribution in [-0.4, -0.2) is 14.5 Å². The predicted molar refractivity (Wildman–Crippen MR) is 84.6 cm³/mol. The molecule has 0 fully saturated rings. The monoisotopic (exact) mass is 305 g/mol. The van der Waals surface area contributed by atoms with Gasteiger partial charge in [0, 0.05) is 24.0 Å². The first-order valence-corrected chi connectivity index (χ1v) is 7.97. The molecule has 0 spiro atoms. The minimum Gasteiger partial charge on any atom is -0.326 e. The lowest BCUT2D eigenvalue weighted by Crippen LogP contribution is -2.06. The number of nitrogens with zero attached hydrogens (tertiary/aromatic N) is 3. The lowest BCUT2D eigenvalue weighted by Gasteiger charge is -2.09. The summed E-state index contributed by atoms with van der Waals surface area (Å²) in [4.78, 5) is 9.16. The van der Waals surface area contributed by atoms with Crippen LogP contribution in [0.1, 0.15) is 28.8 Å². The Hall–Kier alpha value is -1.39. The molecule has 0 saturated heterocycles. The molecule has 1 unspecified atom stereocenters. The van der Waals surface area contributed by atoms with Crippen molar-refractivity contribution in [1.29, 1.82) is 0 Å². The molecule has 5 heteroatoms. The van der Waals surface area contributed by atoms with Crippen molar-refractivity contribution in [3.63, 3.8) is 0 Å². The van der Waals surface area contributed by atoms with E-state index in [9.17, 15) is 0 Å². The maximum atomic E-state index is 6.27. The number of benzene rings is 1. The van der Waals surface area contributed by atoms with Crippen LogP contribution in [0.15, 0.2) is 29.6 Å². The first-order valence-electron chi connectivity index (χ1n) is 6.65. The summed E-state index contributed by atoms with van der Waals surface area (Å²) in [5.74, 6) is 0.932. The number of thiazole rings is 1. The van der Waals surface area contributed by atoms with Crippen molar-refractivity contribution in [3.05, 3.63) is 46.2 Å². The lowest BCUT2D eigenvalue weighted by atomic mass is 10.3. The zero-order chi connectivity index (χ0) is 14.1. The van der Waals surface area contributed by atoms with E-state index in [1.54, 1.807) is 11.3 Å². The Balaban J connectivity index is 1.94. The van der Waals surface area contributed by atoms with Gasteiger partial charge in [-0.3, -0.25) is 0 Å². The Morgan fingerprint density at radius 2 is 2.10 bits per heavy atom. The van der Waals surface area contributed by atoms with Crippen LogP contribution in [0.4, 0.5) is 0 Å². The summed E-state index contributed by atoms with van der Waals surface area (Å²) in [7, 11) is 0. The molecule has 0 aliphatic rings. The van der Waals surface area contributed by atoms with Gasteiger partial charge in [0.15, 0.2) is 0 Å². The zero-order valence-electron chi connectivity index (χ0n) is 11.5. The molecule has 0 N–H and O–H groups in total. The predicted octanol–water partition coefficient (Wildman–Crippen LogP) is 4.34. The molecule has 1 aromatic carbocycles. The van der Waals surface area contributed by atoms with Crippen molar-refractivity contribution in [2.45, 2.75) is 32.2 Å². The molecular weight excluding hydrogens is 290 g/mol. The van der Waals surface area contributed by atoms with Crippen LogP contribution in [0, 0.1) is 6.92 Å². The van der Waals surface area contributed by atoms with Crippen molar-refractivity contribution < 1.29 is 0 Å². The second-order valence-electron chi connectivity index (χ2n) is 4.86. The number of alkyl halides is 1. The second-order valence-corrected chi connectivity index (χ2v) is 6.46. The van der Waals surface area contributed by atoms with E-state index >= 15 is 0 Å². The summed E-state index contributed by atoms with van der Waals surface area (Å²) < 4.78 is 2.21. The van der Waals surface area contributed by atoms with Crippen LogP contribution in [0.25, 0.3) is 11.0 Å². The summed E-state index contributed by atoms with van der Waals surface area (Å²) in [6, 6.07) is 8.17. The maximum absolute atomic E-state index is 6.27. The van der Waals surface area contributed by atoms with Crippen molar-refractivity contribution >= 4 is 34.0 Å². The van der Waals surface area contributed by atoms with Crippen LogP contribution in [0.2, 0.25) is 0 Å².